The minimum absolute atomic E-state index is 0.765. The predicted octanol–water partition coefficient (Wildman–Crippen LogP) is 3.34. The quantitative estimate of drug-likeness (QED) is 0.883. The summed E-state index contributed by atoms with van der Waals surface area (Å²) in [4.78, 5) is 6.59. The number of hydrogen-bond donors (Lipinski definition) is 1. The lowest BCUT2D eigenvalue weighted by Gasteiger charge is -2.20. The van der Waals surface area contributed by atoms with Crippen molar-refractivity contribution >= 4 is 17.0 Å². The highest BCUT2D eigenvalue weighted by Gasteiger charge is 2.20. The first-order valence-corrected chi connectivity index (χ1v) is 8.08. The lowest BCUT2D eigenvalue weighted by molar-refractivity contribution is 0.685. The summed E-state index contributed by atoms with van der Waals surface area (Å²) in [6.07, 6.45) is 2.68. The minimum Gasteiger partial charge on any atom is -0.369 e. The Morgan fingerprint density at radius 2 is 2.25 bits per heavy atom. The smallest absolute Gasteiger partial charge is 0.0795 e. The second kappa shape index (κ2) is 5.94. The standard InChI is InChI=1S/C16H21N3S/c1-12-7-16(19(2)9-15-10-20-11-18-15)6-3-13(12)8-17-14-4-5-14/h3,6-7,10-11,14,17H,4-5,8-9H2,1-2H3. The molecule has 106 valence electrons. The van der Waals surface area contributed by atoms with Crippen LogP contribution in [0.2, 0.25) is 0 Å². The van der Waals surface area contributed by atoms with E-state index in [-0.39, 0.29) is 0 Å². The van der Waals surface area contributed by atoms with E-state index in [1.165, 1.54) is 29.7 Å². The molecule has 1 N–H and O–H groups in total. The van der Waals surface area contributed by atoms with E-state index in [1.54, 1.807) is 11.3 Å². The van der Waals surface area contributed by atoms with Crippen LogP contribution >= 0.6 is 11.3 Å². The van der Waals surface area contributed by atoms with Crippen molar-refractivity contribution in [3.63, 3.8) is 0 Å². The molecule has 3 rings (SSSR count). The molecule has 1 aromatic heterocycles. The number of anilines is 1. The van der Waals surface area contributed by atoms with Gasteiger partial charge in [0.05, 0.1) is 17.7 Å². The highest BCUT2D eigenvalue weighted by Crippen LogP contribution is 2.22. The van der Waals surface area contributed by atoms with E-state index in [9.17, 15) is 0 Å². The zero-order chi connectivity index (χ0) is 13.9. The van der Waals surface area contributed by atoms with Gasteiger partial charge in [0, 0.05) is 30.7 Å². The van der Waals surface area contributed by atoms with Crippen LogP contribution in [-0.4, -0.2) is 18.1 Å². The fourth-order valence-electron chi connectivity index (χ4n) is 2.31. The number of aromatic nitrogens is 1. The predicted molar refractivity (Wildman–Crippen MR) is 85.3 cm³/mol. The van der Waals surface area contributed by atoms with Gasteiger partial charge >= 0.3 is 0 Å². The Hall–Kier alpha value is -1.39. The summed E-state index contributed by atoms with van der Waals surface area (Å²) in [5.41, 5.74) is 7.05. The molecule has 1 aliphatic carbocycles. The second-order valence-corrected chi connectivity index (χ2v) is 6.32. The second-order valence-electron chi connectivity index (χ2n) is 5.60. The lowest BCUT2D eigenvalue weighted by Crippen LogP contribution is -2.18. The van der Waals surface area contributed by atoms with Crippen molar-refractivity contribution in [1.29, 1.82) is 0 Å². The Morgan fingerprint density at radius 1 is 1.40 bits per heavy atom. The van der Waals surface area contributed by atoms with E-state index < -0.39 is 0 Å². The molecule has 0 bridgehead atoms. The first kappa shape index (κ1) is 13.6. The van der Waals surface area contributed by atoms with Gasteiger partial charge < -0.3 is 10.2 Å². The first-order chi connectivity index (χ1) is 9.72. The summed E-state index contributed by atoms with van der Waals surface area (Å²) < 4.78 is 0. The van der Waals surface area contributed by atoms with Crippen molar-refractivity contribution in [2.24, 2.45) is 0 Å². The van der Waals surface area contributed by atoms with Gasteiger partial charge in [-0.15, -0.1) is 11.3 Å². The van der Waals surface area contributed by atoms with Gasteiger partial charge in [0.1, 0.15) is 0 Å². The maximum Gasteiger partial charge on any atom is 0.0795 e. The molecule has 0 amide bonds. The van der Waals surface area contributed by atoms with E-state index in [0.29, 0.717) is 0 Å². The highest BCUT2D eigenvalue weighted by molar-refractivity contribution is 7.07. The average Bonchev–Trinajstić information content (AvgIpc) is 3.13. The van der Waals surface area contributed by atoms with Crippen molar-refractivity contribution < 1.29 is 0 Å². The molecule has 1 saturated carbocycles. The molecule has 3 nitrogen and oxygen atoms in total. The van der Waals surface area contributed by atoms with Crippen LogP contribution in [0.15, 0.2) is 29.1 Å². The van der Waals surface area contributed by atoms with Crippen molar-refractivity contribution in [2.75, 3.05) is 11.9 Å². The molecule has 2 aromatic rings. The number of benzene rings is 1. The van der Waals surface area contributed by atoms with Gasteiger partial charge in [-0.3, -0.25) is 0 Å². The van der Waals surface area contributed by atoms with E-state index in [4.69, 9.17) is 0 Å². The Morgan fingerprint density at radius 3 is 2.90 bits per heavy atom. The van der Waals surface area contributed by atoms with Crippen LogP contribution in [0.1, 0.15) is 29.7 Å². The highest BCUT2D eigenvalue weighted by atomic mass is 32.1. The number of aryl methyl sites for hydroxylation is 1. The van der Waals surface area contributed by atoms with E-state index in [1.807, 2.05) is 5.51 Å². The molecule has 20 heavy (non-hydrogen) atoms. The van der Waals surface area contributed by atoms with Crippen LogP contribution in [0.5, 0.6) is 0 Å². The van der Waals surface area contributed by atoms with Gasteiger partial charge in [0.15, 0.2) is 0 Å². The molecule has 1 fully saturated rings. The Labute approximate surface area is 124 Å². The third-order valence-corrected chi connectivity index (χ3v) is 4.44. The van der Waals surface area contributed by atoms with Gasteiger partial charge in [-0.1, -0.05) is 6.07 Å². The van der Waals surface area contributed by atoms with Gasteiger partial charge in [-0.05, 0) is 43.0 Å². The SMILES string of the molecule is Cc1cc(N(C)Cc2cscn2)ccc1CNC1CC1. The molecular formula is C16H21N3S. The average molecular weight is 287 g/mol. The molecule has 1 heterocycles. The molecule has 4 heteroatoms. The van der Waals surface area contributed by atoms with Gasteiger partial charge in [-0.25, -0.2) is 4.98 Å². The van der Waals surface area contributed by atoms with Crippen molar-refractivity contribution in [3.05, 3.63) is 45.9 Å². The monoisotopic (exact) mass is 287 g/mol. The molecule has 0 aliphatic heterocycles. The normalized spacial score (nSPS) is 14.5. The molecule has 0 radical (unpaired) electrons. The third-order valence-electron chi connectivity index (χ3n) is 3.81. The Bertz CT molecular complexity index is 561. The topological polar surface area (TPSA) is 28.2 Å². The maximum absolute atomic E-state index is 4.34. The van der Waals surface area contributed by atoms with Crippen LogP contribution in [0, 0.1) is 6.92 Å². The summed E-state index contributed by atoms with van der Waals surface area (Å²) in [6, 6.07) is 7.50. The first-order valence-electron chi connectivity index (χ1n) is 7.13. The fraction of sp³-hybridized carbons (Fsp3) is 0.438. The van der Waals surface area contributed by atoms with Crippen LogP contribution in [0.3, 0.4) is 0 Å². The summed E-state index contributed by atoms with van der Waals surface area (Å²) in [5.74, 6) is 0. The molecule has 1 aliphatic rings. The lowest BCUT2D eigenvalue weighted by atomic mass is 10.1. The number of nitrogens with zero attached hydrogens (tertiary/aromatic N) is 2. The van der Waals surface area contributed by atoms with Crippen LogP contribution in [-0.2, 0) is 13.1 Å². The minimum atomic E-state index is 0.765. The maximum atomic E-state index is 4.34. The summed E-state index contributed by atoms with van der Waals surface area (Å²) in [5, 5.41) is 5.68. The van der Waals surface area contributed by atoms with Gasteiger partial charge in [0.2, 0.25) is 0 Å². The largest absolute Gasteiger partial charge is 0.369 e. The summed E-state index contributed by atoms with van der Waals surface area (Å²) >= 11 is 1.65. The zero-order valence-electron chi connectivity index (χ0n) is 12.1. The Balaban J connectivity index is 1.65. The number of hydrogen-bond acceptors (Lipinski definition) is 4. The summed E-state index contributed by atoms with van der Waals surface area (Å²) in [7, 11) is 2.12. The molecule has 0 saturated heterocycles. The van der Waals surface area contributed by atoms with Crippen molar-refractivity contribution in [3.8, 4) is 0 Å². The Kier molecular flexibility index (Phi) is 4.03. The zero-order valence-corrected chi connectivity index (χ0v) is 12.9. The van der Waals surface area contributed by atoms with Crippen LogP contribution in [0.25, 0.3) is 0 Å². The van der Waals surface area contributed by atoms with Gasteiger partial charge in [-0.2, -0.15) is 0 Å². The van der Waals surface area contributed by atoms with E-state index in [2.05, 4.69) is 52.8 Å². The fourth-order valence-corrected chi connectivity index (χ4v) is 2.86. The summed E-state index contributed by atoms with van der Waals surface area (Å²) in [6.45, 7) is 4.05. The van der Waals surface area contributed by atoms with Crippen molar-refractivity contribution in [2.45, 2.75) is 38.9 Å². The van der Waals surface area contributed by atoms with Gasteiger partial charge in [0.25, 0.3) is 0 Å². The number of nitrogens with one attached hydrogen (secondary N) is 1. The van der Waals surface area contributed by atoms with Crippen molar-refractivity contribution in [1.82, 2.24) is 10.3 Å². The molecule has 1 aromatic carbocycles. The third kappa shape index (κ3) is 3.38. The van der Waals surface area contributed by atoms with Crippen LogP contribution in [0.4, 0.5) is 5.69 Å². The molecular weight excluding hydrogens is 266 g/mol. The van der Waals surface area contributed by atoms with E-state index in [0.717, 1.165) is 24.8 Å². The molecule has 0 spiro atoms. The number of thiazole rings is 1. The van der Waals surface area contributed by atoms with Crippen LogP contribution < -0.4 is 10.2 Å². The molecule has 0 atom stereocenters. The van der Waals surface area contributed by atoms with E-state index >= 15 is 0 Å². The number of rotatable bonds is 6. The molecule has 0 unspecified atom stereocenters.